The Labute approximate surface area is 101 Å². The molecule has 2 aromatic rings. The number of nitrogens with zero attached hydrogens (tertiary/aromatic N) is 1. The van der Waals surface area contributed by atoms with E-state index in [2.05, 4.69) is 9.97 Å². The smallest absolute Gasteiger partial charge is 0.270 e. The van der Waals surface area contributed by atoms with Crippen LogP contribution in [0.3, 0.4) is 0 Å². The van der Waals surface area contributed by atoms with Crippen molar-refractivity contribution in [2.75, 3.05) is 17.7 Å². The SMILES string of the molecule is CSCCc1nc2cc(F)c(N)cc2[nH]c1=O. The van der Waals surface area contributed by atoms with Crippen molar-refractivity contribution >= 4 is 28.5 Å². The largest absolute Gasteiger partial charge is 0.396 e. The van der Waals surface area contributed by atoms with Gasteiger partial charge in [0.2, 0.25) is 0 Å². The predicted molar refractivity (Wildman–Crippen MR) is 68.8 cm³/mol. The summed E-state index contributed by atoms with van der Waals surface area (Å²) in [7, 11) is 0. The number of rotatable bonds is 3. The first kappa shape index (κ1) is 11.9. The Morgan fingerprint density at radius 2 is 2.29 bits per heavy atom. The van der Waals surface area contributed by atoms with Crippen molar-refractivity contribution in [2.45, 2.75) is 6.42 Å². The highest BCUT2D eigenvalue weighted by Gasteiger charge is 2.07. The van der Waals surface area contributed by atoms with Crippen molar-refractivity contribution < 1.29 is 4.39 Å². The lowest BCUT2D eigenvalue weighted by Gasteiger charge is -2.03. The molecule has 0 atom stereocenters. The van der Waals surface area contributed by atoms with Gasteiger partial charge >= 0.3 is 0 Å². The molecule has 0 aliphatic heterocycles. The van der Waals surface area contributed by atoms with Gasteiger partial charge in [-0.05, 0) is 18.1 Å². The number of nitrogens with one attached hydrogen (secondary N) is 1. The van der Waals surface area contributed by atoms with Crippen molar-refractivity contribution in [1.82, 2.24) is 9.97 Å². The molecule has 0 fully saturated rings. The number of H-pyrrole nitrogens is 1. The number of aryl methyl sites for hydroxylation is 1. The lowest BCUT2D eigenvalue weighted by Crippen LogP contribution is -2.16. The van der Waals surface area contributed by atoms with E-state index in [1.807, 2.05) is 6.26 Å². The summed E-state index contributed by atoms with van der Waals surface area (Å²) in [6.07, 6.45) is 2.52. The summed E-state index contributed by atoms with van der Waals surface area (Å²) >= 11 is 1.63. The van der Waals surface area contributed by atoms with Gasteiger partial charge < -0.3 is 10.7 Å². The average Bonchev–Trinajstić information content (AvgIpc) is 2.29. The Bertz CT molecular complexity index is 611. The second-order valence-corrected chi connectivity index (χ2v) is 4.63. The third-order valence-electron chi connectivity index (χ3n) is 2.42. The average molecular weight is 253 g/mol. The van der Waals surface area contributed by atoms with Crippen LogP contribution >= 0.6 is 11.8 Å². The summed E-state index contributed by atoms with van der Waals surface area (Å²) in [5.41, 5.74) is 6.50. The number of halogens is 1. The molecule has 0 amide bonds. The summed E-state index contributed by atoms with van der Waals surface area (Å²) < 4.78 is 13.3. The number of nitrogen functional groups attached to an aromatic ring is 1. The molecular formula is C11H12FN3OS. The highest BCUT2D eigenvalue weighted by atomic mass is 32.2. The molecule has 0 aliphatic rings. The molecule has 0 aliphatic carbocycles. The van der Waals surface area contributed by atoms with Crippen molar-refractivity contribution in [2.24, 2.45) is 0 Å². The number of hydrogen-bond donors (Lipinski definition) is 2. The van der Waals surface area contributed by atoms with Crippen molar-refractivity contribution in [3.8, 4) is 0 Å². The summed E-state index contributed by atoms with van der Waals surface area (Å²) in [6, 6.07) is 2.63. The minimum absolute atomic E-state index is 0.00631. The number of aromatic nitrogens is 2. The van der Waals surface area contributed by atoms with Gasteiger partial charge in [-0.15, -0.1) is 0 Å². The zero-order chi connectivity index (χ0) is 12.4. The third-order valence-corrected chi connectivity index (χ3v) is 3.04. The van der Waals surface area contributed by atoms with E-state index in [1.54, 1.807) is 11.8 Å². The summed E-state index contributed by atoms with van der Waals surface area (Å²) in [4.78, 5) is 18.5. The molecular weight excluding hydrogens is 241 g/mol. The number of aromatic amines is 1. The molecule has 4 nitrogen and oxygen atoms in total. The predicted octanol–water partition coefficient (Wildman–Crippen LogP) is 1.55. The van der Waals surface area contributed by atoms with Crippen molar-refractivity contribution in [3.05, 3.63) is 34.0 Å². The third kappa shape index (κ3) is 2.41. The van der Waals surface area contributed by atoms with E-state index in [0.29, 0.717) is 23.1 Å². The quantitative estimate of drug-likeness (QED) is 0.814. The van der Waals surface area contributed by atoms with E-state index in [9.17, 15) is 9.18 Å². The molecule has 6 heteroatoms. The van der Waals surface area contributed by atoms with Crippen LogP contribution in [-0.2, 0) is 6.42 Å². The molecule has 0 saturated heterocycles. The Morgan fingerprint density at radius 3 is 3.00 bits per heavy atom. The van der Waals surface area contributed by atoms with Crippen LogP contribution in [-0.4, -0.2) is 22.0 Å². The number of anilines is 1. The maximum atomic E-state index is 13.3. The molecule has 1 aromatic heterocycles. The minimum atomic E-state index is -0.520. The van der Waals surface area contributed by atoms with E-state index in [-0.39, 0.29) is 11.2 Å². The van der Waals surface area contributed by atoms with E-state index >= 15 is 0 Å². The van der Waals surface area contributed by atoms with Crippen molar-refractivity contribution in [3.63, 3.8) is 0 Å². The Balaban J connectivity index is 2.55. The summed E-state index contributed by atoms with van der Waals surface area (Å²) in [5.74, 6) is 0.284. The van der Waals surface area contributed by atoms with Gasteiger partial charge in [-0.25, -0.2) is 9.37 Å². The molecule has 0 spiro atoms. The van der Waals surface area contributed by atoms with Crippen LogP contribution in [0, 0.1) is 5.82 Å². The molecule has 0 radical (unpaired) electrons. The molecule has 2 rings (SSSR count). The van der Waals surface area contributed by atoms with E-state index in [0.717, 1.165) is 5.75 Å². The first-order chi connectivity index (χ1) is 8.11. The maximum absolute atomic E-state index is 13.3. The van der Waals surface area contributed by atoms with Gasteiger partial charge in [0, 0.05) is 12.5 Å². The first-order valence-electron chi connectivity index (χ1n) is 5.08. The van der Waals surface area contributed by atoms with Gasteiger partial charge in [-0.1, -0.05) is 0 Å². The van der Waals surface area contributed by atoms with Crippen molar-refractivity contribution in [1.29, 1.82) is 0 Å². The maximum Gasteiger partial charge on any atom is 0.270 e. The molecule has 0 saturated carbocycles. The molecule has 1 aromatic carbocycles. The van der Waals surface area contributed by atoms with Crippen LogP contribution in [0.1, 0.15) is 5.69 Å². The normalized spacial score (nSPS) is 10.9. The Hall–Kier alpha value is -1.56. The number of thioether (sulfide) groups is 1. The van der Waals surface area contributed by atoms with Gasteiger partial charge in [0.15, 0.2) is 0 Å². The van der Waals surface area contributed by atoms with Gasteiger partial charge in [-0.3, -0.25) is 4.79 Å². The molecule has 3 N–H and O–H groups in total. The number of benzene rings is 1. The van der Waals surface area contributed by atoms with Gasteiger partial charge in [0.25, 0.3) is 5.56 Å². The van der Waals surface area contributed by atoms with Gasteiger partial charge in [0.05, 0.1) is 16.7 Å². The van der Waals surface area contributed by atoms with Crippen LogP contribution in [0.4, 0.5) is 10.1 Å². The molecule has 1 heterocycles. The molecule has 0 unspecified atom stereocenters. The van der Waals surface area contributed by atoms with Crippen LogP contribution in [0.5, 0.6) is 0 Å². The second-order valence-electron chi connectivity index (χ2n) is 3.65. The van der Waals surface area contributed by atoms with E-state index < -0.39 is 5.82 Å². The first-order valence-corrected chi connectivity index (χ1v) is 6.48. The van der Waals surface area contributed by atoms with Crippen LogP contribution in [0.2, 0.25) is 0 Å². The number of hydrogen-bond acceptors (Lipinski definition) is 4. The fourth-order valence-electron chi connectivity index (χ4n) is 1.53. The monoisotopic (exact) mass is 253 g/mol. The zero-order valence-electron chi connectivity index (χ0n) is 9.29. The van der Waals surface area contributed by atoms with Crippen LogP contribution < -0.4 is 11.3 Å². The Kier molecular flexibility index (Phi) is 3.33. The summed E-state index contributed by atoms with van der Waals surface area (Å²) in [6.45, 7) is 0. The zero-order valence-corrected chi connectivity index (χ0v) is 10.1. The molecule has 0 bridgehead atoms. The second kappa shape index (κ2) is 4.75. The van der Waals surface area contributed by atoms with E-state index in [1.165, 1.54) is 12.1 Å². The molecule has 17 heavy (non-hydrogen) atoms. The molecule has 90 valence electrons. The number of fused-ring (bicyclic) bond motifs is 1. The lowest BCUT2D eigenvalue weighted by molar-refractivity contribution is 0.633. The number of nitrogens with two attached hydrogens (primary N) is 1. The fourth-order valence-corrected chi connectivity index (χ4v) is 1.93. The minimum Gasteiger partial charge on any atom is -0.396 e. The fraction of sp³-hybridized carbons (Fsp3) is 0.273. The highest BCUT2D eigenvalue weighted by Crippen LogP contribution is 2.16. The summed E-state index contributed by atoms with van der Waals surface area (Å²) in [5, 5.41) is 0. The van der Waals surface area contributed by atoms with Crippen LogP contribution in [0.25, 0.3) is 11.0 Å². The standard InChI is InChI=1S/C11H12FN3OS/c1-17-3-2-8-11(16)15-10-5-7(13)6(12)4-9(10)14-8/h4-5H,2-3,13H2,1H3,(H,15,16). The van der Waals surface area contributed by atoms with Crippen LogP contribution in [0.15, 0.2) is 16.9 Å². The lowest BCUT2D eigenvalue weighted by atomic mass is 10.2. The van der Waals surface area contributed by atoms with Gasteiger partial charge in [-0.2, -0.15) is 11.8 Å². The Morgan fingerprint density at radius 1 is 1.53 bits per heavy atom. The van der Waals surface area contributed by atoms with Gasteiger partial charge in [0.1, 0.15) is 11.5 Å². The van der Waals surface area contributed by atoms with E-state index in [4.69, 9.17) is 5.73 Å². The highest BCUT2D eigenvalue weighted by molar-refractivity contribution is 7.98. The topological polar surface area (TPSA) is 71.8 Å².